The van der Waals surface area contributed by atoms with Gasteiger partial charge in [0.2, 0.25) is 0 Å². The van der Waals surface area contributed by atoms with Crippen LogP contribution >= 0.6 is 0 Å². The van der Waals surface area contributed by atoms with Crippen LogP contribution < -0.4 is 4.74 Å². The topological polar surface area (TPSA) is 63.1 Å². The molecule has 0 amide bonds. The number of benzene rings is 1. The Morgan fingerprint density at radius 2 is 1.83 bits per heavy atom. The zero-order valence-electron chi connectivity index (χ0n) is 17.3. The lowest BCUT2D eigenvalue weighted by Gasteiger charge is -2.36. The van der Waals surface area contributed by atoms with Crippen molar-refractivity contribution in [1.29, 1.82) is 0 Å². The maximum absolute atomic E-state index is 5.87. The summed E-state index contributed by atoms with van der Waals surface area (Å²) in [7, 11) is 0. The van der Waals surface area contributed by atoms with Crippen LogP contribution in [0.25, 0.3) is 6.08 Å². The third-order valence-corrected chi connectivity index (χ3v) is 6.06. The average Bonchev–Trinajstić information content (AvgIpc) is 3.19. The van der Waals surface area contributed by atoms with Gasteiger partial charge in [0.15, 0.2) is 6.10 Å². The summed E-state index contributed by atoms with van der Waals surface area (Å²) in [5.74, 6) is 0.910. The van der Waals surface area contributed by atoms with Gasteiger partial charge in [-0.1, -0.05) is 47.1 Å². The monoisotopic (exact) mass is 405 g/mol. The molecule has 156 valence electrons. The van der Waals surface area contributed by atoms with Gasteiger partial charge in [0.05, 0.1) is 23.9 Å². The normalized spacial score (nSPS) is 24.4. The fourth-order valence-corrected chi connectivity index (χ4v) is 4.45. The van der Waals surface area contributed by atoms with Crippen molar-refractivity contribution in [3.63, 3.8) is 0 Å². The van der Waals surface area contributed by atoms with E-state index in [0.29, 0.717) is 6.61 Å². The molecule has 2 atom stereocenters. The summed E-state index contributed by atoms with van der Waals surface area (Å²) in [4.78, 5) is 10.8. The third-order valence-electron chi connectivity index (χ3n) is 6.06. The summed E-state index contributed by atoms with van der Waals surface area (Å²) in [6.07, 6.45) is 5.68. The molecule has 1 saturated heterocycles. The lowest BCUT2D eigenvalue weighted by atomic mass is 9.91. The molecule has 0 bridgehead atoms. The second kappa shape index (κ2) is 8.53. The van der Waals surface area contributed by atoms with Crippen LogP contribution in [0, 0.1) is 5.92 Å². The lowest BCUT2D eigenvalue weighted by molar-refractivity contribution is 0.0101. The number of aromatic nitrogens is 2. The Balaban J connectivity index is 1.12. The van der Waals surface area contributed by atoms with E-state index in [4.69, 9.17) is 9.57 Å². The second-order valence-electron chi connectivity index (χ2n) is 8.28. The highest BCUT2D eigenvalue weighted by Gasteiger charge is 2.41. The van der Waals surface area contributed by atoms with Crippen molar-refractivity contribution in [2.24, 2.45) is 11.1 Å². The summed E-state index contributed by atoms with van der Waals surface area (Å²) < 4.78 is 5.87. The number of fused-ring (bicyclic) bond motifs is 3. The van der Waals surface area contributed by atoms with Crippen molar-refractivity contribution in [2.45, 2.75) is 13.0 Å². The Bertz CT molecular complexity index is 938. The molecule has 30 heavy (non-hydrogen) atoms. The minimum Gasteiger partial charge on any atom is -0.490 e. The Labute approximate surface area is 177 Å². The maximum Gasteiger partial charge on any atom is 0.151 e. The summed E-state index contributed by atoms with van der Waals surface area (Å²) in [5, 5.41) is 12.2. The predicted octanol–water partition coefficient (Wildman–Crippen LogP) is 2.31. The van der Waals surface area contributed by atoms with Gasteiger partial charge in [-0.2, -0.15) is 10.2 Å². The molecule has 1 fully saturated rings. The highest BCUT2D eigenvalue weighted by molar-refractivity contribution is 6.05. The number of hydrogen-bond acceptors (Lipinski definition) is 7. The van der Waals surface area contributed by atoms with Crippen molar-refractivity contribution in [1.82, 2.24) is 20.0 Å². The fourth-order valence-electron chi connectivity index (χ4n) is 4.45. The molecule has 0 aliphatic carbocycles. The van der Waals surface area contributed by atoms with Crippen LogP contribution in [0.5, 0.6) is 5.75 Å². The van der Waals surface area contributed by atoms with Gasteiger partial charge in [-0.25, -0.2) is 0 Å². The standard InChI is InChI=1S/C23H27N5O2/c1-17(11-18-5-3-2-4-6-18)14-27-7-9-28(10-8-27)15-22-20-16-29-21-13-25-24-12-19(21)23(20)26-30-22/h2-6,11-13,20,22H,7-10,14-16H2,1H3. The quantitative estimate of drug-likeness (QED) is 0.761. The van der Waals surface area contributed by atoms with Crippen LogP contribution in [-0.4, -0.2) is 77.7 Å². The van der Waals surface area contributed by atoms with E-state index in [0.717, 1.165) is 56.3 Å². The zero-order valence-corrected chi connectivity index (χ0v) is 17.3. The van der Waals surface area contributed by atoms with Crippen molar-refractivity contribution in [3.8, 4) is 5.75 Å². The first-order valence-electron chi connectivity index (χ1n) is 10.6. The summed E-state index contributed by atoms with van der Waals surface area (Å²) in [6, 6.07) is 10.5. The van der Waals surface area contributed by atoms with Gasteiger partial charge in [-0.3, -0.25) is 9.80 Å². The van der Waals surface area contributed by atoms with Crippen molar-refractivity contribution < 1.29 is 9.57 Å². The van der Waals surface area contributed by atoms with Gasteiger partial charge >= 0.3 is 0 Å². The molecular formula is C23H27N5O2. The van der Waals surface area contributed by atoms with E-state index in [1.165, 1.54) is 11.1 Å². The molecule has 3 aliphatic heterocycles. The number of oxime groups is 1. The van der Waals surface area contributed by atoms with Gasteiger partial charge in [0, 0.05) is 39.3 Å². The molecule has 0 N–H and O–H groups in total. The molecule has 7 nitrogen and oxygen atoms in total. The minimum absolute atomic E-state index is 0.0348. The van der Waals surface area contributed by atoms with E-state index >= 15 is 0 Å². The van der Waals surface area contributed by atoms with Gasteiger partial charge in [-0.15, -0.1) is 0 Å². The van der Waals surface area contributed by atoms with E-state index in [2.05, 4.69) is 68.5 Å². The first kappa shape index (κ1) is 19.2. The molecule has 0 radical (unpaired) electrons. The number of piperazine rings is 1. The molecule has 3 aliphatic rings. The van der Waals surface area contributed by atoms with Crippen molar-refractivity contribution in [2.75, 3.05) is 45.9 Å². The van der Waals surface area contributed by atoms with Crippen LogP contribution in [0.2, 0.25) is 0 Å². The van der Waals surface area contributed by atoms with Crippen molar-refractivity contribution >= 4 is 11.8 Å². The molecule has 5 rings (SSSR count). The number of ether oxygens (including phenoxy) is 1. The largest absolute Gasteiger partial charge is 0.490 e. The average molecular weight is 406 g/mol. The Hall–Kier alpha value is -2.77. The van der Waals surface area contributed by atoms with E-state index in [1.807, 2.05) is 0 Å². The van der Waals surface area contributed by atoms with E-state index < -0.39 is 0 Å². The van der Waals surface area contributed by atoms with Crippen LogP contribution in [0.1, 0.15) is 18.1 Å². The first-order chi connectivity index (χ1) is 14.8. The van der Waals surface area contributed by atoms with Gasteiger partial charge in [-0.05, 0) is 12.5 Å². The Morgan fingerprint density at radius 3 is 2.67 bits per heavy atom. The van der Waals surface area contributed by atoms with Crippen molar-refractivity contribution in [3.05, 3.63) is 59.4 Å². The zero-order chi connectivity index (χ0) is 20.3. The van der Waals surface area contributed by atoms with Gasteiger partial charge in [0.1, 0.15) is 18.1 Å². The van der Waals surface area contributed by atoms with Crippen LogP contribution in [0.4, 0.5) is 0 Å². The smallest absolute Gasteiger partial charge is 0.151 e. The summed E-state index contributed by atoms with van der Waals surface area (Å²) >= 11 is 0. The van der Waals surface area contributed by atoms with Crippen LogP contribution in [0.15, 0.2) is 53.5 Å². The first-order valence-corrected chi connectivity index (χ1v) is 10.6. The lowest BCUT2D eigenvalue weighted by Crippen LogP contribution is -2.50. The molecule has 0 saturated carbocycles. The highest BCUT2D eigenvalue weighted by atomic mass is 16.6. The number of hydrogen-bond donors (Lipinski definition) is 0. The Morgan fingerprint density at radius 1 is 1.07 bits per heavy atom. The second-order valence-corrected chi connectivity index (χ2v) is 8.28. The Kier molecular flexibility index (Phi) is 5.46. The van der Waals surface area contributed by atoms with Crippen LogP contribution in [0.3, 0.4) is 0 Å². The number of nitrogens with zero attached hydrogens (tertiary/aromatic N) is 5. The van der Waals surface area contributed by atoms with Gasteiger partial charge in [0.25, 0.3) is 0 Å². The molecule has 4 heterocycles. The molecule has 2 aromatic rings. The van der Waals surface area contributed by atoms with Crippen LogP contribution in [-0.2, 0) is 4.84 Å². The molecule has 0 spiro atoms. The molecule has 1 aromatic heterocycles. The SMILES string of the molecule is CC(=Cc1ccccc1)CN1CCN(CC2ON=C3c4cnncc4OCC32)CC1. The summed E-state index contributed by atoms with van der Waals surface area (Å²) in [6.45, 7) is 8.93. The molecule has 1 aromatic carbocycles. The number of rotatable bonds is 5. The molecule has 7 heteroatoms. The maximum atomic E-state index is 5.87. The molecular weight excluding hydrogens is 378 g/mol. The van der Waals surface area contributed by atoms with E-state index in [-0.39, 0.29) is 12.0 Å². The fraction of sp³-hybridized carbons (Fsp3) is 0.435. The van der Waals surface area contributed by atoms with E-state index in [1.54, 1.807) is 12.4 Å². The highest BCUT2D eigenvalue weighted by Crippen LogP contribution is 2.33. The van der Waals surface area contributed by atoms with Gasteiger partial charge < -0.3 is 9.57 Å². The minimum atomic E-state index is 0.0348. The molecule has 2 unspecified atom stereocenters. The van der Waals surface area contributed by atoms with E-state index in [9.17, 15) is 0 Å². The predicted molar refractivity (Wildman–Crippen MR) is 115 cm³/mol. The summed E-state index contributed by atoms with van der Waals surface area (Å²) in [5.41, 5.74) is 4.53. The third kappa shape index (κ3) is 4.08.